The summed E-state index contributed by atoms with van der Waals surface area (Å²) >= 11 is 1.17. The minimum absolute atomic E-state index is 0.000641. The van der Waals surface area contributed by atoms with E-state index in [-0.39, 0.29) is 39.9 Å². The summed E-state index contributed by atoms with van der Waals surface area (Å²) in [6, 6.07) is 17.1. The molecule has 2 amide bonds. The van der Waals surface area contributed by atoms with Crippen molar-refractivity contribution < 1.29 is 18.0 Å². The van der Waals surface area contributed by atoms with Crippen LogP contribution in [0.4, 0.5) is 11.5 Å². The molecule has 0 aliphatic heterocycles. The molecule has 0 atom stereocenters. The Hall–Kier alpha value is -4.39. The van der Waals surface area contributed by atoms with Crippen LogP contribution in [0, 0.1) is 22.7 Å². The number of rotatable bonds is 9. The normalized spacial score (nSPS) is 10.9. The lowest BCUT2D eigenvalue weighted by atomic mass is 9.94. The number of amides is 2. The Bertz CT molecular complexity index is 1590. The first-order chi connectivity index (χ1) is 18.5. The van der Waals surface area contributed by atoms with Gasteiger partial charge in [-0.05, 0) is 41.3 Å². The zero-order valence-electron chi connectivity index (χ0n) is 21.5. The fourth-order valence-electron chi connectivity index (χ4n) is 3.66. The lowest BCUT2D eigenvalue weighted by Gasteiger charge is -2.14. The van der Waals surface area contributed by atoms with Gasteiger partial charge in [-0.15, -0.1) is 11.8 Å². The largest absolute Gasteiger partial charge is 0.383 e. The molecule has 10 nitrogen and oxygen atoms in total. The van der Waals surface area contributed by atoms with Crippen LogP contribution < -0.4 is 15.8 Å². The van der Waals surface area contributed by atoms with Gasteiger partial charge < -0.3 is 11.1 Å². The molecule has 39 heavy (non-hydrogen) atoms. The van der Waals surface area contributed by atoms with E-state index >= 15 is 0 Å². The van der Waals surface area contributed by atoms with Gasteiger partial charge in [-0.2, -0.15) is 10.5 Å². The third-order valence-corrected chi connectivity index (χ3v) is 8.00. The average Bonchev–Trinajstić information content (AvgIpc) is 2.88. The number of carbonyl (C=O) groups excluding carboxylic acids is 2. The molecule has 1 aromatic heterocycles. The van der Waals surface area contributed by atoms with Gasteiger partial charge in [0.15, 0.2) is 0 Å². The highest BCUT2D eigenvalue weighted by atomic mass is 32.2. The topological polar surface area (TPSA) is 179 Å². The van der Waals surface area contributed by atoms with Gasteiger partial charge in [0.25, 0.3) is 10.0 Å². The molecule has 4 N–H and O–H groups in total. The Labute approximate surface area is 231 Å². The maximum atomic E-state index is 12.5. The van der Waals surface area contributed by atoms with Crippen LogP contribution in [0.25, 0.3) is 11.1 Å². The van der Waals surface area contributed by atoms with Crippen molar-refractivity contribution in [3.63, 3.8) is 0 Å². The highest BCUT2D eigenvalue weighted by molar-refractivity contribution is 7.99. The van der Waals surface area contributed by atoms with Crippen LogP contribution in [0.15, 0.2) is 58.5 Å². The Balaban J connectivity index is 1.74. The number of nitriles is 2. The number of nitrogens with zero attached hydrogens (tertiary/aromatic N) is 3. The Morgan fingerprint density at radius 1 is 1.03 bits per heavy atom. The quantitative estimate of drug-likeness (QED) is 0.323. The zero-order valence-corrected chi connectivity index (χ0v) is 23.1. The summed E-state index contributed by atoms with van der Waals surface area (Å²) in [5.41, 5.74) is 8.97. The van der Waals surface area contributed by atoms with E-state index in [1.165, 1.54) is 36.0 Å². The van der Waals surface area contributed by atoms with E-state index in [0.29, 0.717) is 27.8 Å². The first kappa shape index (κ1) is 29.2. The van der Waals surface area contributed by atoms with Crippen LogP contribution in [0.3, 0.4) is 0 Å². The number of hydrogen-bond acceptors (Lipinski definition) is 9. The van der Waals surface area contributed by atoms with Crippen molar-refractivity contribution in [3.8, 4) is 23.3 Å². The molecule has 0 aliphatic rings. The monoisotopic (exact) mass is 562 g/mol. The van der Waals surface area contributed by atoms with E-state index in [2.05, 4.69) is 36.3 Å². The van der Waals surface area contributed by atoms with Crippen LogP contribution in [-0.2, 0) is 19.6 Å². The minimum Gasteiger partial charge on any atom is -0.383 e. The summed E-state index contributed by atoms with van der Waals surface area (Å²) in [4.78, 5) is 27.7. The maximum Gasteiger partial charge on any atom is 0.264 e. The van der Waals surface area contributed by atoms with Gasteiger partial charge in [0.1, 0.15) is 28.5 Å². The number of pyridine rings is 1. The number of aromatic nitrogens is 1. The second-order valence-corrected chi connectivity index (χ2v) is 11.5. The summed E-state index contributed by atoms with van der Waals surface area (Å²) in [6.45, 7) is 5.23. The summed E-state index contributed by atoms with van der Waals surface area (Å²) in [6.07, 6.45) is 0.0570. The van der Waals surface area contributed by atoms with E-state index in [1.807, 2.05) is 29.0 Å². The molecule has 0 radical (unpaired) electrons. The summed E-state index contributed by atoms with van der Waals surface area (Å²) < 4.78 is 26.0. The molecule has 200 valence electrons. The molecule has 0 unspecified atom stereocenters. The van der Waals surface area contributed by atoms with Gasteiger partial charge in [0.05, 0.1) is 10.5 Å². The lowest BCUT2D eigenvalue weighted by Crippen LogP contribution is -2.28. The first-order valence-corrected chi connectivity index (χ1v) is 14.2. The number of hydrogen-bond donors (Lipinski definition) is 3. The first-order valence-electron chi connectivity index (χ1n) is 11.8. The highest BCUT2D eigenvalue weighted by Gasteiger charge is 2.21. The van der Waals surface area contributed by atoms with Crippen molar-refractivity contribution in [1.29, 1.82) is 10.5 Å². The molecule has 0 saturated carbocycles. The number of sulfonamides is 1. The van der Waals surface area contributed by atoms with Gasteiger partial charge >= 0.3 is 0 Å². The molecule has 0 bridgehead atoms. The fourth-order valence-corrected chi connectivity index (χ4v) is 5.58. The number of anilines is 2. The number of nitrogen functional groups attached to an aromatic ring is 1. The van der Waals surface area contributed by atoms with Crippen molar-refractivity contribution in [2.75, 3.05) is 16.8 Å². The molecular formula is C27H26N6O4S2. The van der Waals surface area contributed by atoms with Crippen LogP contribution >= 0.6 is 11.8 Å². The second kappa shape index (κ2) is 12.4. The van der Waals surface area contributed by atoms with Gasteiger partial charge in [0.2, 0.25) is 11.8 Å². The minimum atomic E-state index is -3.97. The third kappa shape index (κ3) is 7.13. The molecule has 2 aromatic carbocycles. The summed E-state index contributed by atoms with van der Waals surface area (Å²) in [7, 11) is -3.97. The number of carbonyl (C=O) groups is 2. The number of benzene rings is 2. The van der Waals surface area contributed by atoms with E-state index in [0.717, 1.165) is 12.5 Å². The average molecular weight is 563 g/mol. The molecule has 0 fully saturated rings. The second-order valence-electron chi connectivity index (χ2n) is 8.76. The van der Waals surface area contributed by atoms with Crippen molar-refractivity contribution in [3.05, 3.63) is 65.2 Å². The van der Waals surface area contributed by atoms with Crippen molar-refractivity contribution in [1.82, 2.24) is 9.71 Å². The predicted octanol–water partition coefficient (Wildman–Crippen LogP) is 4.14. The molecule has 12 heteroatoms. The van der Waals surface area contributed by atoms with E-state index in [9.17, 15) is 28.5 Å². The van der Waals surface area contributed by atoms with Gasteiger partial charge in [0, 0.05) is 30.3 Å². The molecule has 0 aliphatic carbocycles. The summed E-state index contributed by atoms with van der Waals surface area (Å²) in [5, 5.41) is 22.6. The van der Waals surface area contributed by atoms with Crippen molar-refractivity contribution in [2.45, 2.75) is 43.0 Å². The third-order valence-electron chi connectivity index (χ3n) is 5.58. The highest BCUT2D eigenvalue weighted by Crippen LogP contribution is 2.36. The fraction of sp³-hybridized carbons (Fsp3) is 0.222. The standard InChI is InChI=1S/C27H26N6O4S2/c1-16(2)18-4-6-19(7-5-18)25-22(14-28)26(30)32-27(23(25)15-29)38-13-12-24(35)31-20-8-10-21(11-9-20)39(36,37)33-17(3)34/h4-11,16H,12-13H2,1-3H3,(H2,30,32)(H,31,35)(H,33,34). The summed E-state index contributed by atoms with van der Waals surface area (Å²) in [5.74, 6) is -0.469. The predicted molar refractivity (Wildman–Crippen MR) is 149 cm³/mol. The number of nitrogens with one attached hydrogen (secondary N) is 2. The van der Waals surface area contributed by atoms with Crippen LogP contribution in [0.2, 0.25) is 0 Å². The van der Waals surface area contributed by atoms with Gasteiger partial charge in [-0.1, -0.05) is 38.1 Å². The van der Waals surface area contributed by atoms with E-state index < -0.39 is 15.9 Å². The number of thioether (sulfide) groups is 1. The van der Waals surface area contributed by atoms with Crippen LogP contribution in [0.1, 0.15) is 49.8 Å². The Morgan fingerprint density at radius 2 is 1.64 bits per heavy atom. The van der Waals surface area contributed by atoms with Gasteiger partial charge in [-0.3, -0.25) is 9.59 Å². The molecular weight excluding hydrogens is 536 g/mol. The van der Waals surface area contributed by atoms with Gasteiger partial charge in [-0.25, -0.2) is 18.1 Å². The molecule has 0 saturated heterocycles. The molecule has 0 spiro atoms. The maximum absolute atomic E-state index is 12.5. The van der Waals surface area contributed by atoms with Crippen molar-refractivity contribution in [2.24, 2.45) is 0 Å². The number of nitrogens with two attached hydrogens (primary N) is 1. The molecule has 1 heterocycles. The van der Waals surface area contributed by atoms with Crippen LogP contribution in [-0.4, -0.2) is 31.0 Å². The lowest BCUT2D eigenvalue weighted by molar-refractivity contribution is -0.117. The zero-order chi connectivity index (χ0) is 28.7. The Morgan fingerprint density at radius 3 is 2.18 bits per heavy atom. The molecule has 3 rings (SSSR count). The SMILES string of the molecule is CC(=O)NS(=O)(=O)c1ccc(NC(=O)CCSc2nc(N)c(C#N)c(-c3ccc(C(C)C)cc3)c2C#N)cc1. The Kier molecular flexibility index (Phi) is 9.30. The van der Waals surface area contributed by atoms with Crippen LogP contribution in [0.5, 0.6) is 0 Å². The van der Waals surface area contributed by atoms with E-state index in [1.54, 1.807) is 0 Å². The molecule has 3 aromatic rings. The smallest absolute Gasteiger partial charge is 0.264 e. The van der Waals surface area contributed by atoms with Crippen molar-refractivity contribution >= 4 is 45.1 Å². The van der Waals surface area contributed by atoms with E-state index in [4.69, 9.17) is 5.73 Å².